The second-order valence-corrected chi connectivity index (χ2v) is 11.5. The summed E-state index contributed by atoms with van der Waals surface area (Å²) in [5.41, 5.74) is 1.12. The van der Waals surface area contributed by atoms with Gasteiger partial charge in [0.1, 0.15) is 4.90 Å². The summed E-state index contributed by atoms with van der Waals surface area (Å²) < 4.78 is 27.6. The van der Waals surface area contributed by atoms with Crippen LogP contribution in [-0.2, 0) is 10.0 Å². The first-order valence-electron chi connectivity index (χ1n) is 9.98. The fourth-order valence-electron chi connectivity index (χ4n) is 4.38. The van der Waals surface area contributed by atoms with Gasteiger partial charge in [-0.05, 0) is 24.1 Å². The number of amides is 1. The molecule has 3 unspecified atom stereocenters. The van der Waals surface area contributed by atoms with Gasteiger partial charge in [0, 0.05) is 30.1 Å². The molecule has 2 aromatic rings. The molecule has 154 valence electrons. The summed E-state index contributed by atoms with van der Waals surface area (Å²) in [5, 5.41) is 1.10. The summed E-state index contributed by atoms with van der Waals surface area (Å²) in [6.45, 7) is 7.18. The van der Waals surface area contributed by atoms with Gasteiger partial charge in [0.15, 0.2) is 0 Å². The molecule has 0 aromatic heterocycles. The van der Waals surface area contributed by atoms with Crippen LogP contribution in [0.2, 0.25) is 0 Å². The van der Waals surface area contributed by atoms with Gasteiger partial charge in [-0.1, -0.05) is 56.3 Å². The Kier molecular flexibility index (Phi) is 5.73. The number of thioether (sulfide) groups is 1. The van der Waals surface area contributed by atoms with Crippen LogP contribution >= 0.6 is 11.8 Å². The van der Waals surface area contributed by atoms with Gasteiger partial charge in [0.05, 0.1) is 11.6 Å². The van der Waals surface area contributed by atoms with Crippen LogP contribution in [0.3, 0.4) is 0 Å². The van der Waals surface area contributed by atoms with E-state index in [1.54, 1.807) is 18.2 Å². The van der Waals surface area contributed by atoms with Crippen molar-refractivity contribution in [2.75, 3.05) is 19.6 Å². The van der Waals surface area contributed by atoms with Crippen molar-refractivity contribution in [3.05, 3.63) is 65.7 Å². The van der Waals surface area contributed by atoms with Crippen molar-refractivity contribution in [1.82, 2.24) is 9.21 Å². The zero-order valence-electron chi connectivity index (χ0n) is 16.7. The number of hydrogen-bond acceptors (Lipinski definition) is 5. The van der Waals surface area contributed by atoms with Gasteiger partial charge in [-0.3, -0.25) is 4.79 Å². The lowest BCUT2D eigenvalue weighted by Crippen LogP contribution is -2.42. The van der Waals surface area contributed by atoms with Crippen molar-refractivity contribution in [1.29, 1.82) is 0 Å². The molecule has 1 amide bonds. The molecule has 4 rings (SSSR count). The lowest BCUT2D eigenvalue weighted by Gasteiger charge is -2.36. The molecule has 0 bridgehead atoms. The highest BCUT2D eigenvalue weighted by atomic mass is 32.2. The van der Waals surface area contributed by atoms with Crippen LogP contribution in [-0.4, -0.2) is 53.7 Å². The molecule has 0 aliphatic carbocycles. The molecule has 0 saturated carbocycles. The molecule has 29 heavy (non-hydrogen) atoms. The number of benzene rings is 2. The summed E-state index contributed by atoms with van der Waals surface area (Å²) in [6, 6.07) is 15.5. The van der Waals surface area contributed by atoms with E-state index in [-0.39, 0.29) is 10.5 Å². The molecule has 0 N–H and O–H groups in total. The molecule has 2 aliphatic heterocycles. The van der Waals surface area contributed by atoms with Gasteiger partial charge < -0.3 is 4.90 Å². The zero-order valence-corrected chi connectivity index (χ0v) is 18.3. The maximum atomic E-state index is 13.3. The van der Waals surface area contributed by atoms with E-state index in [9.17, 15) is 13.2 Å². The number of carbonyl (C=O) groups excluding carboxylic acids is 1. The van der Waals surface area contributed by atoms with Gasteiger partial charge in [-0.15, -0.1) is 0 Å². The Hall–Kier alpha value is -1.83. The molecule has 0 spiro atoms. The predicted molar refractivity (Wildman–Crippen MR) is 117 cm³/mol. The van der Waals surface area contributed by atoms with E-state index in [4.69, 9.17) is 0 Å². The van der Waals surface area contributed by atoms with Crippen molar-refractivity contribution in [3.63, 3.8) is 0 Å². The SMILES string of the molecule is CC1CN(CCC(c2ccccc2)N2C(=O)c3ccccc3S2(=O)=O)CC(C)S1. The van der Waals surface area contributed by atoms with Crippen molar-refractivity contribution in [2.24, 2.45) is 0 Å². The number of nitrogens with zero attached hydrogens (tertiary/aromatic N) is 2. The zero-order chi connectivity index (χ0) is 20.6. The highest BCUT2D eigenvalue weighted by molar-refractivity contribution is 8.00. The minimum atomic E-state index is -3.86. The van der Waals surface area contributed by atoms with E-state index in [2.05, 4.69) is 18.7 Å². The molecule has 1 saturated heterocycles. The Morgan fingerprint density at radius 3 is 2.28 bits per heavy atom. The van der Waals surface area contributed by atoms with Crippen LogP contribution in [0.25, 0.3) is 0 Å². The van der Waals surface area contributed by atoms with Crippen molar-refractivity contribution in [2.45, 2.75) is 41.7 Å². The van der Waals surface area contributed by atoms with E-state index < -0.39 is 22.0 Å². The fourth-order valence-corrected chi connectivity index (χ4v) is 7.54. The first-order valence-corrected chi connectivity index (χ1v) is 12.4. The molecule has 2 heterocycles. The Morgan fingerprint density at radius 2 is 1.62 bits per heavy atom. The lowest BCUT2D eigenvalue weighted by atomic mass is 10.0. The predicted octanol–water partition coefficient (Wildman–Crippen LogP) is 3.79. The van der Waals surface area contributed by atoms with Crippen LogP contribution < -0.4 is 0 Å². The minimum Gasteiger partial charge on any atom is -0.301 e. The first kappa shape index (κ1) is 20.4. The maximum Gasteiger partial charge on any atom is 0.269 e. The number of fused-ring (bicyclic) bond motifs is 1. The Balaban J connectivity index is 1.65. The third-order valence-corrected chi connectivity index (χ3v) is 8.61. The molecule has 2 aromatic carbocycles. The van der Waals surface area contributed by atoms with E-state index >= 15 is 0 Å². The van der Waals surface area contributed by atoms with Gasteiger partial charge in [-0.25, -0.2) is 12.7 Å². The Labute approximate surface area is 177 Å². The number of rotatable bonds is 5. The molecular formula is C22H26N2O3S2. The quantitative estimate of drug-likeness (QED) is 0.722. The van der Waals surface area contributed by atoms with Crippen molar-refractivity contribution >= 4 is 27.7 Å². The average Bonchev–Trinajstić information content (AvgIpc) is 2.89. The Morgan fingerprint density at radius 1 is 1.00 bits per heavy atom. The van der Waals surface area contributed by atoms with Crippen LogP contribution in [0, 0.1) is 0 Å². The van der Waals surface area contributed by atoms with Crippen molar-refractivity contribution in [3.8, 4) is 0 Å². The normalized spacial score (nSPS) is 25.0. The van der Waals surface area contributed by atoms with Gasteiger partial charge in [0.2, 0.25) is 0 Å². The third-order valence-electron chi connectivity index (χ3n) is 5.54. The topological polar surface area (TPSA) is 57.7 Å². The lowest BCUT2D eigenvalue weighted by molar-refractivity contribution is 0.0818. The number of hydrogen-bond donors (Lipinski definition) is 0. The summed E-state index contributed by atoms with van der Waals surface area (Å²) in [6.07, 6.45) is 0.576. The molecule has 5 nitrogen and oxygen atoms in total. The second-order valence-electron chi connectivity index (χ2n) is 7.83. The van der Waals surface area contributed by atoms with Crippen LogP contribution in [0.1, 0.15) is 42.2 Å². The molecule has 3 atom stereocenters. The molecule has 1 fully saturated rings. The molecule has 7 heteroatoms. The Bertz CT molecular complexity index is 984. The average molecular weight is 431 g/mol. The maximum absolute atomic E-state index is 13.3. The highest BCUT2D eigenvalue weighted by Crippen LogP contribution is 2.39. The summed E-state index contributed by atoms with van der Waals surface area (Å²) in [5.74, 6) is -0.426. The van der Waals surface area contributed by atoms with Gasteiger partial charge in [-0.2, -0.15) is 11.8 Å². The third kappa shape index (κ3) is 3.96. The van der Waals surface area contributed by atoms with E-state index in [1.165, 1.54) is 6.07 Å². The van der Waals surface area contributed by atoms with E-state index in [0.29, 0.717) is 16.9 Å². The summed E-state index contributed by atoms with van der Waals surface area (Å²) >= 11 is 1.99. The molecule has 2 aliphatic rings. The molecular weight excluding hydrogens is 404 g/mol. The van der Waals surface area contributed by atoms with Crippen LogP contribution in [0.15, 0.2) is 59.5 Å². The van der Waals surface area contributed by atoms with Gasteiger partial charge in [0.25, 0.3) is 15.9 Å². The number of carbonyl (C=O) groups is 1. The number of sulfonamides is 1. The largest absolute Gasteiger partial charge is 0.301 e. The summed E-state index contributed by atoms with van der Waals surface area (Å²) in [7, 11) is -3.86. The molecule has 0 radical (unpaired) electrons. The monoisotopic (exact) mass is 430 g/mol. The van der Waals surface area contributed by atoms with Crippen molar-refractivity contribution < 1.29 is 13.2 Å². The standard InChI is InChI=1S/C22H26N2O3S2/c1-16-14-23(15-17(2)28-16)13-12-20(18-8-4-3-5-9-18)24-22(25)19-10-6-7-11-21(19)29(24,26)27/h3-11,16-17,20H,12-15H2,1-2H3. The van der Waals surface area contributed by atoms with Crippen LogP contribution in [0.4, 0.5) is 0 Å². The summed E-state index contributed by atoms with van der Waals surface area (Å²) in [4.78, 5) is 15.6. The second kappa shape index (κ2) is 8.13. The van der Waals surface area contributed by atoms with Crippen LogP contribution in [0.5, 0.6) is 0 Å². The van der Waals surface area contributed by atoms with Gasteiger partial charge >= 0.3 is 0 Å². The fraction of sp³-hybridized carbons (Fsp3) is 0.409. The van der Waals surface area contributed by atoms with E-state index in [0.717, 1.165) is 29.5 Å². The minimum absolute atomic E-state index is 0.113. The highest BCUT2D eigenvalue weighted by Gasteiger charge is 2.45. The van der Waals surface area contributed by atoms with E-state index in [1.807, 2.05) is 42.1 Å². The smallest absolute Gasteiger partial charge is 0.269 e. The first-order chi connectivity index (χ1) is 13.9.